The molecule has 0 aliphatic carbocycles. The maximum absolute atomic E-state index is 11.5. The summed E-state index contributed by atoms with van der Waals surface area (Å²) >= 11 is 0. The van der Waals surface area contributed by atoms with Crippen LogP contribution in [0.4, 0.5) is 5.95 Å². The number of hydrogen-bond acceptors (Lipinski definition) is 9. The van der Waals surface area contributed by atoms with E-state index in [2.05, 4.69) is 25.7 Å². The van der Waals surface area contributed by atoms with Gasteiger partial charge in [0.1, 0.15) is 11.3 Å². The molecule has 1 saturated heterocycles. The summed E-state index contributed by atoms with van der Waals surface area (Å²) in [6.45, 7) is 10.1. The quantitative estimate of drug-likeness (QED) is 0.437. The molecule has 2 aromatic heterocycles. The molecule has 192 valence electrons. The predicted octanol–water partition coefficient (Wildman–Crippen LogP) is 3.04. The van der Waals surface area contributed by atoms with E-state index in [4.69, 9.17) is 40.1 Å². The minimum absolute atomic E-state index is 0.0261. The van der Waals surface area contributed by atoms with Gasteiger partial charge in [0.05, 0.1) is 22.3 Å². The van der Waals surface area contributed by atoms with Gasteiger partial charge in [-0.05, 0) is 31.0 Å². The first-order valence-electron chi connectivity index (χ1n) is 11.7. The summed E-state index contributed by atoms with van der Waals surface area (Å²) in [7, 11) is 1.35. The third kappa shape index (κ3) is 5.02. The average molecular weight is 512 g/mol. The van der Waals surface area contributed by atoms with Gasteiger partial charge in [-0.3, -0.25) is 4.79 Å². The standard InChI is InChI=1S/C25H33N5O5Si/c1-14-17(21-23(32-2)28-25(29-24(21)33-3)30-10-9-15(26)13-30)11-16(36(4,5)6)12-19(14)35-20-8-7-18(34-20)22(27)31/h7-8,11-12,15H,9-10,13,26H2,1-6H3,(H2,27,31). The number of ether oxygens (including phenoxy) is 3. The van der Waals surface area contributed by atoms with Gasteiger partial charge in [0.2, 0.25) is 17.7 Å². The molecule has 3 heterocycles. The zero-order chi connectivity index (χ0) is 26.2. The molecule has 0 radical (unpaired) electrons. The second-order valence-corrected chi connectivity index (χ2v) is 15.0. The molecule has 1 aromatic carbocycles. The van der Waals surface area contributed by atoms with E-state index in [1.165, 1.54) is 6.07 Å². The second kappa shape index (κ2) is 9.82. The van der Waals surface area contributed by atoms with Crippen LogP contribution in [0.25, 0.3) is 11.1 Å². The third-order valence-corrected chi connectivity index (χ3v) is 8.28. The van der Waals surface area contributed by atoms with Gasteiger partial charge < -0.3 is 35.0 Å². The molecule has 0 spiro atoms. The molecular formula is C25H33N5O5Si. The Kier molecular flexibility index (Phi) is 6.96. The van der Waals surface area contributed by atoms with Crippen molar-refractivity contribution < 1.29 is 23.4 Å². The summed E-state index contributed by atoms with van der Waals surface area (Å²) in [4.78, 5) is 22.9. The van der Waals surface area contributed by atoms with Crippen molar-refractivity contribution in [3.8, 4) is 34.6 Å². The van der Waals surface area contributed by atoms with Crippen molar-refractivity contribution in [2.45, 2.75) is 39.0 Å². The number of anilines is 1. The van der Waals surface area contributed by atoms with Gasteiger partial charge in [-0.15, -0.1) is 0 Å². The minimum atomic E-state index is -1.81. The van der Waals surface area contributed by atoms with Gasteiger partial charge in [0.25, 0.3) is 11.9 Å². The zero-order valence-electron chi connectivity index (χ0n) is 21.5. The molecule has 10 nitrogen and oxygen atoms in total. The SMILES string of the molecule is COc1nc(N2CCC(N)C2)nc(OC)c1-c1cc([Si](C)(C)C)cc(Oc2ccc(C(N)=O)o2)c1C. The van der Waals surface area contributed by atoms with Crippen LogP contribution in [-0.2, 0) is 0 Å². The van der Waals surface area contributed by atoms with Crippen LogP contribution in [0.3, 0.4) is 0 Å². The average Bonchev–Trinajstić information content (AvgIpc) is 3.48. The topological polar surface area (TPSA) is 139 Å². The lowest BCUT2D eigenvalue weighted by molar-refractivity contribution is 0.0969. The van der Waals surface area contributed by atoms with Gasteiger partial charge in [0.15, 0.2) is 5.76 Å². The van der Waals surface area contributed by atoms with Gasteiger partial charge in [-0.25, -0.2) is 0 Å². The molecule has 1 amide bonds. The van der Waals surface area contributed by atoms with Crippen LogP contribution in [0.5, 0.6) is 23.5 Å². The normalized spacial score (nSPS) is 15.8. The van der Waals surface area contributed by atoms with Crippen molar-refractivity contribution in [1.29, 1.82) is 0 Å². The smallest absolute Gasteiger partial charge is 0.290 e. The van der Waals surface area contributed by atoms with Crippen LogP contribution in [0.1, 0.15) is 22.5 Å². The van der Waals surface area contributed by atoms with Crippen molar-refractivity contribution in [3.05, 3.63) is 35.6 Å². The lowest BCUT2D eigenvalue weighted by Gasteiger charge is -2.23. The van der Waals surface area contributed by atoms with E-state index in [1.807, 2.05) is 17.9 Å². The maximum Gasteiger partial charge on any atom is 0.290 e. The molecule has 1 unspecified atom stereocenters. The van der Waals surface area contributed by atoms with Gasteiger partial charge in [-0.1, -0.05) is 30.9 Å². The van der Waals surface area contributed by atoms with Crippen molar-refractivity contribution in [2.24, 2.45) is 11.5 Å². The highest BCUT2D eigenvalue weighted by Crippen LogP contribution is 2.42. The number of rotatable bonds is 8. The number of carbonyl (C=O) groups excluding carboxylic acids is 1. The number of amides is 1. The highest BCUT2D eigenvalue weighted by Gasteiger charge is 2.28. The lowest BCUT2D eigenvalue weighted by atomic mass is 10.0. The van der Waals surface area contributed by atoms with E-state index >= 15 is 0 Å². The Bertz CT molecular complexity index is 1260. The first-order valence-corrected chi connectivity index (χ1v) is 15.2. The molecule has 4 N–H and O–H groups in total. The number of hydrogen-bond donors (Lipinski definition) is 2. The molecule has 1 atom stereocenters. The molecule has 0 bridgehead atoms. The number of furan rings is 1. The van der Waals surface area contributed by atoms with E-state index in [0.717, 1.165) is 29.3 Å². The Morgan fingerprint density at radius 1 is 1.14 bits per heavy atom. The number of nitrogens with zero attached hydrogens (tertiary/aromatic N) is 3. The fourth-order valence-electron chi connectivity index (χ4n) is 4.15. The summed E-state index contributed by atoms with van der Waals surface area (Å²) < 4.78 is 23.1. The summed E-state index contributed by atoms with van der Waals surface area (Å²) in [5, 5.41) is 1.14. The van der Waals surface area contributed by atoms with E-state index in [-0.39, 0.29) is 17.7 Å². The lowest BCUT2D eigenvalue weighted by Crippen LogP contribution is -2.37. The molecule has 0 saturated carbocycles. The number of benzene rings is 1. The van der Waals surface area contributed by atoms with Gasteiger partial charge in [0, 0.05) is 30.8 Å². The minimum Gasteiger partial charge on any atom is -0.480 e. The number of aromatic nitrogens is 2. The number of methoxy groups -OCH3 is 2. The predicted molar refractivity (Wildman–Crippen MR) is 140 cm³/mol. The molecule has 1 aliphatic heterocycles. The Morgan fingerprint density at radius 2 is 1.81 bits per heavy atom. The van der Waals surface area contributed by atoms with Crippen molar-refractivity contribution in [2.75, 3.05) is 32.2 Å². The Morgan fingerprint density at radius 3 is 2.31 bits per heavy atom. The zero-order valence-corrected chi connectivity index (χ0v) is 22.5. The van der Waals surface area contributed by atoms with Crippen molar-refractivity contribution in [1.82, 2.24) is 9.97 Å². The molecule has 1 aliphatic rings. The van der Waals surface area contributed by atoms with Crippen LogP contribution < -0.4 is 35.8 Å². The van der Waals surface area contributed by atoms with Crippen molar-refractivity contribution >= 4 is 25.1 Å². The van der Waals surface area contributed by atoms with Gasteiger partial charge >= 0.3 is 0 Å². The van der Waals surface area contributed by atoms with Crippen LogP contribution in [0, 0.1) is 6.92 Å². The first kappa shape index (κ1) is 25.5. The van der Waals surface area contributed by atoms with E-state index in [9.17, 15) is 4.79 Å². The molecule has 36 heavy (non-hydrogen) atoms. The fourth-order valence-corrected chi connectivity index (χ4v) is 5.29. The summed E-state index contributed by atoms with van der Waals surface area (Å²) in [5.41, 5.74) is 13.7. The monoisotopic (exact) mass is 511 g/mol. The molecule has 1 fully saturated rings. The molecule has 11 heteroatoms. The summed E-state index contributed by atoms with van der Waals surface area (Å²) in [6.07, 6.45) is 0.873. The van der Waals surface area contributed by atoms with E-state index in [0.29, 0.717) is 35.6 Å². The van der Waals surface area contributed by atoms with Crippen LogP contribution in [0.2, 0.25) is 19.6 Å². The highest BCUT2D eigenvalue weighted by molar-refractivity contribution is 6.88. The first-order chi connectivity index (χ1) is 17.0. The third-order valence-electron chi connectivity index (χ3n) is 6.26. The molecular weight excluding hydrogens is 478 g/mol. The van der Waals surface area contributed by atoms with E-state index in [1.54, 1.807) is 20.3 Å². The summed E-state index contributed by atoms with van der Waals surface area (Å²) in [5.74, 6) is 1.42. The van der Waals surface area contributed by atoms with Gasteiger partial charge in [-0.2, -0.15) is 9.97 Å². The Balaban J connectivity index is 1.87. The number of nitrogens with two attached hydrogens (primary N) is 2. The van der Waals surface area contributed by atoms with Crippen LogP contribution >= 0.6 is 0 Å². The maximum atomic E-state index is 11.5. The van der Waals surface area contributed by atoms with Crippen molar-refractivity contribution in [3.63, 3.8) is 0 Å². The van der Waals surface area contributed by atoms with Crippen LogP contribution in [-0.4, -0.2) is 57.3 Å². The highest BCUT2D eigenvalue weighted by atomic mass is 28.3. The second-order valence-electron chi connectivity index (χ2n) is 9.89. The van der Waals surface area contributed by atoms with E-state index < -0.39 is 14.0 Å². The number of primary amides is 1. The Labute approximate surface area is 211 Å². The fraction of sp³-hybridized carbons (Fsp3) is 0.400. The van der Waals surface area contributed by atoms with Crippen LogP contribution in [0.15, 0.2) is 28.7 Å². The number of carbonyl (C=O) groups is 1. The largest absolute Gasteiger partial charge is 0.480 e. The molecule has 3 aromatic rings. The molecule has 4 rings (SSSR count). The summed E-state index contributed by atoms with van der Waals surface area (Å²) in [6, 6.07) is 7.27. The Hall–Kier alpha value is -3.57.